The lowest BCUT2D eigenvalue weighted by Gasteiger charge is -2.34. The van der Waals surface area contributed by atoms with Crippen molar-refractivity contribution in [2.75, 3.05) is 42.9 Å². The van der Waals surface area contributed by atoms with Gasteiger partial charge in [-0.3, -0.25) is 10.1 Å². The zero-order chi connectivity index (χ0) is 23.5. The fourth-order valence-electron chi connectivity index (χ4n) is 5.02. The molecule has 178 valence electrons. The molecule has 0 radical (unpaired) electrons. The van der Waals surface area contributed by atoms with E-state index in [0.717, 1.165) is 44.7 Å². The molecule has 9 heteroatoms. The summed E-state index contributed by atoms with van der Waals surface area (Å²) in [5.74, 6) is 1.93. The van der Waals surface area contributed by atoms with Crippen LogP contribution < -0.4 is 15.5 Å². The van der Waals surface area contributed by atoms with E-state index in [-0.39, 0.29) is 17.9 Å². The molecule has 9 nitrogen and oxygen atoms in total. The number of fused-ring (bicyclic) bond motifs is 1. The smallest absolute Gasteiger partial charge is 0.320 e. The summed E-state index contributed by atoms with van der Waals surface area (Å²) in [6, 6.07) is 14.1. The van der Waals surface area contributed by atoms with Crippen molar-refractivity contribution < 1.29 is 9.59 Å². The Morgan fingerprint density at radius 2 is 1.91 bits per heavy atom. The number of nitrogens with zero attached hydrogens (tertiary/aromatic N) is 5. The molecule has 0 saturated carbocycles. The van der Waals surface area contributed by atoms with E-state index in [4.69, 9.17) is 0 Å². The van der Waals surface area contributed by atoms with Gasteiger partial charge < -0.3 is 15.1 Å². The average molecular weight is 462 g/mol. The predicted octanol–water partition coefficient (Wildman–Crippen LogP) is 3.10. The van der Waals surface area contributed by atoms with Gasteiger partial charge in [0.05, 0.1) is 12.1 Å². The van der Waals surface area contributed by atoms with Crippen LogP contribution in [0.2, 0.25) is 0 Å². The Morgan fingerprint density at radius 1 is 1.06 bits per heavy atom. The maximum atomic E-state index is 13.3. The van der Waals surface area contributed by atoms with Crippen molar-refractivity contribution >= 4 is 29.2 Å². The molecule has 2 unspecified atom stereocenters. The van der Waals surface area contributed by atoms with Gasteiger partial charge in [0.25, 0.3) is 0 Å². The fraction of sp³-hybridized carbons (Fsp3) is 0.440. The predicted molar refractivity (Wildman–Crippen MR) is 131 cm³/mol. The molecule has 2 aliphatic heterocycles. The van der Waals surface area contributed by atoms with E-state index in [1.54, 1.807) is 10.7 Å². The van der Waals surface area contributed by atoms with Crippen LogP contribution in [0.25, 0.3) is 5.65 Å². The quantitative estimate of drug-likeness (QED) is 0.609. The summed E-state index contributed by atoms with van der Waals surface area (Å²) in [7, 11) is 0. The molecule has 2 N–H and O–H groups in total. The lowest BCUT2D eigenvalue weighted by molar-refractivity contribution is -0.136. The number of hydrogen-bond acceptors (Lipinski definition) is 5. The van der Waals surface area contributed by atoms with Gasteiger partial charge in [0.2, 0.25) is 5.91 Å². The number of nitrogens with one attached hydrogen (secondary N) is 2. The third-order valence-corrected chi connectivity index (χ3v) is 6.75. The van der Waals surface area contributed by atoms with E-state index in [2.05, 4.69) is 54.8 Å². The van der Waals surface area contributed by atoms with Gasteiger partial charge in [-0.25, -0.2) is 14.3 Å². The molecular formula is C25H31N7O2. The Labute approximate surface area is 199 Å². The summed E-state index contributed by atoms with van der Waals surface area (Å²) < 4.78 is 1.67. The van der Waals surface area contributed by atoms with Crippen molar-refractivity contribution in [3.8, 4) is 0 Å². The van der Waals surface area contributed by atoms with E-state index in [0.29, 0.717) is 30.5 Å². The standard InChI is InChI=1S/C25H31N7O2/c1-2-26-25(34)28-21-17-32-22(27-21)10-11-23(29-32)30-14-12-20(16-30)24(33)31-13-6-9-19(15-31)18-7-4-3-5-8-18/h3-5,7-8,10-11,17,19-20H,2,6,9,12-16H2,1H3,(H2,26,28,34). The number of carbonyl (C=O) groups excluding carboxylic acids is 2. The minimum atomic E-state index is -0.292. The minimum Gasteiger partial charge on any atom is -0.354 e. The van der Waals surface area contributed by atoms with Crippen molar-refractivity contribution in [3.05, 3.63) is 54.2 Å². The second-order valence-electron chi connectivity index (χ2n) is 9.07. The number of rotatable bonds is 5. The highest BCUT2D eigenvalue weighted by atomic mass is 16.2. The fourth-order valence-corrected chi connectivity index (χ4v) is 5.02. The Kier molecular flexibility index (Phi) is 6.33. The van der Waals surface area contributed by atoms with Gasteiger partial charge in [-0.15, -0.1) is 5.10 Å². The summed E-state index contributed by atoms with van der Waals surface area (Å²) in [4.78, 5) is 33.7. The highest BCUT2D eigenvalue weighted by molar-refractivity contribution is 5.88. The zero-order valence-corrected chi connectivity index (χ0v) is 19.5. The molecule has 2 fully saturated rings. The molecule has 2 aliphatic rings. The first-order chi connectivity index (χ1) is 16.6. The normalized spacial score (nSPS) is 20.5. The molecule has 0 bridgehead atoms. The lowest BCUT2D eigenvalue weighted by atomic mass is 9.90. The van der Waals surface area contributed by atoms with Crippen LogP contribution in [0.3, 0.4) is 0 Å². The average Bonchev–Trinajstić information content (AvgIpc) is 3.51. The summed E-state index contributed by atoms with van der Waals surface area (Å²) in [5, 5.41) is 10.1. The number of likely N-dealkylation sites (tertiary alicyclic amines) is 1. The van der Waals surface area contributed by atoms with Crippen LogP contribution in [-0.2, 0) is 4.79 Å². The Morgan fingerprint density at radius 3 is 2.74 bits per heavy atom. The molecule has 5 rings (SSSR count). The zero-order valence-electron chi connectivity index (χ0n) is 19.5. The number of carbonyl (C=O) groups is 2. The van der Waals surface area contributed by atoms with Crippen molar-refractivity contribution in [2.24, 2.45) is 5.92 Å². The molecule has 2 saturated heterocycles. The summed E-state index contributed by atoms with van der Waals surface area (Å²) in [6.07, 6.45) is 4.72. The van der Waals surface area contributed by atoms with Crippen LogP contribution >= 0.6 is 0 Å². The van der Waals surface area contributed by atoms with E-state index >= 15 is 0 Å². The first kappa shape index (κ1) is 22.2. The van der Waals surface area contributed by atoms with Gasteiger partial charge in [-0.1, -0.05) is 30.3 Å². The third-order valence-electron chi connectivity index (χ3n) is 6.75. The Bertz CT molecular complexity index is 1160. The molecule has 0 aliphatic carbocycles. The lowest BCUT2D eigenvalue weighted by Crippen LogP contribution is -2.43. The van der Waals surface area contributed by atoms with Crippen molar-refractivity contribution in [1.29, 1.82) is 0 Å². The second-order valence-corrected chi connectivity index (χ2v) is 9.07. The number of piperidine rings is 1. The number of aromatic nitrogens is 3. The number of imidazole rings is 1. The molecule has 2 atom stereocenters. The van der Waals surface area contributed by atoms with Crippen molar-refractivity contribution in [1.82, 2.24) is 24.8 Å². The largest absolute Gasteiger partial charge is 0.354 e. The van der Waals surface area contributed by atoms with Crippen LogP contribution in [0.15, 0.2) is 48.7 Å². The summed E-state index contributed by atoms with van der Waals surface area (Å²) in [6.45, 7) is 5.52. The molecule has 2 aromatic heterocycles. The highest BCUT2D eigenvalue weighted by Crippen LogP contribution is 2.30. The van der Waals surface area contributed by atoms with Crippen LogP contribution in [-0.4, -0.2) is 64.2 Å². The number of amides is 3. The number of anilines is 2. The third kappa shape index (κ3) is 4.69. The summed E-state index contributed by atoms with van der Waals surface area (Å²) >= 11 is 0. The molecule has 0 spiro atoms. The maximum absolute atomic E-state index is 13.3. The first-order valence-corrected chi connectivity index (χ1v) is 12.1. The summed E-state index contributed by atoms with van der Waals surface area (Å²) in [5.41, 5.74) is 1.98. The van der Waals surface area contributed by atoms with Crippen LogP contribution in [0, 0.1) is 5.92 Å². The Hall–Kier alpha value is -3.62. The number of benzene rings is 1. The second kappa shape index (κ2) is 9.70. The monoisotopic (exact) mass is 461 g/mol. The van der Waals surface area contributed by atoms with Gasteiger partial charge in [0.15, 0.2) is 11.5 Å². The van der Waals surface area contributed by atoms with Gasteiger partial charge in [-0.05, 0) is 43.9 Å². The van der Waals surface area contributed by atoms with E-state index in [1.165, 1.54) is 5.56 Å². The SMILES string of the molecule is CCNC(=O)Nc1cn2nc(N3CCC(C(=O)N4CCCC(c5ccccc5)C4)C3)ccc2n1. The van der Waals surface area contributed by atoms with Gasteiger partial charge >= 0.3 is 6.03 Å². The number of hydrogen-bond donors (Lipinski definition) is 2. The molecule has 34 heavy (non-hydrogen) atoms. The van der Waals surface area contributed by atoms with Crippen LogP contribution in [0.1, 0.15) is 37.7 Å². The van der Waals surface area contributed by atoms with Crippen LogP contribution in [0.4, 0.5) is 16.4 Å². The van der Waals surface area contributed by atoms with Crippen molar-refractivity contribution in [2.45, 2.75) is 32.1 Å². The van der Waals surface area contributed by atoms with E-state index < -0.39 is 0 Å². The van der Waals surface area contributed by atoms with E-state index in [1.807, 2.05) is 25.1 Å². The molecular weight excluding hydrogens is 430 g/mol. The van der Waals surface area contributed by atoms with Crippen LogP contribution in [0.5, 0.6) is 0 Å². The maximum Gasteiger partial charge on any atom is 0.320 e. The highest BCUT2D eigenvalue weighted by Gasteiger charge is 2.34. The molecule has 3 amide bonds. The molecule has 1 aromatic carbocycles. The molecule has 4 heterocycles. The number of urea groups is 1. The minimum absolute atomic E-state index is 0.00947. The van der Waals surface area contributed by atoms with Gasteiger partial charge in [-0.2, -0.15) is 0 Å². The van der Waals surface area contributed by atoms with Crippen molar-refractivity contribution in [3.63, 3.8) is 0 Å². The topological polar surface area (TPSA) is 94.9 Å². The molecule has 3 aromatic rings. The van der Waals surface area contributed by atoms with E-state index in [9.17, 15) is 9.59 Å². The van der Waals surface area contributed by atoms with Gasteiger partial charge in [0.1, 0.15) is 5.82 Å². The van der Waals surface area contributed by atoms with Gasteiger partial charge in [0, 0.05) is 38.6 Å². The Balaban J connectivity index is 1.22. The first-order valence-electron chi connectivity index (χ1n) is 12.1.